The minimum absolute atomic E-state index is 0.231. The highest BCUT2D eigenvalue weighted by Gasteiger charge is 2.07. The molecule has 0 aromatic carbocycles. The third-order valence-electron chi connectivity index (χ3n) is 3.05. The van der Waals surface area contributed by atoms with Gasteiger partial charge in [0, 0.05) is 13.3 Å². The molecule has 24 heavy (non-hydrogen) atoms. The Hall–Kier alpha value is -2.46. The standard InChI is InChI=1S/C20H26O4/c1-3-4-5-6-7-9-12-15-19(24-18(2)21)16-13-10-8-11-14-17-20(22)23/h3-4,12,15,19H,8,10-11,13-14,16-17H2,1-2H3,(H,22,23)/b4-3-,15-12+/t19-/m1/s1. The van der Waals surface area contributed by atoms with Gasteiger partial charge in [-0.1, -0.05) is 37.2 Å². The minimum Gasteiger partial charge on any atom is -0.481 e. The van der Waals surface area contributed by atoms with Gasteiger partial charge in [-0.25, -0.2) is 0 Å². The predicted octanol–water partition coefficient (Wildman–Crippen LogP) is 3.87. The summed E-state index contributed by atoms with van der Waals surface area (Å²) in [4.78, 5) is 21.5. The monoisotopic (exact) mass is 330 g/mol. The van der Waals surface area contributed by atoms with Gasteiger partial charge >= 0.3 is 11.9 Å². The van der Waals surface area contributed by atoms with Crippen LogP contribution in [-0.4, -0.2) is 23.1 Å². The van der Waals surface area contributed by atoms with Crippen molar-refractivity contribution >= 4 is 11.9 Å². The molecule has 0 radical (unpaired) electrons. The molecule has 0 saturated heterocycles. The summed E-state index contributed by atoms with van der Waals surface area (Å²) in [6.07, 6.45) is 12.2. The summed E-state index contributed by atoms with van der Waals surface area (Å²) in [7, 11) is 0. The Bertz CT molecular complexity index is 550. The Balaban J connectivity index is 4.12. The van der Waals surface area contributed by atoms with Crippen LogP contribution in [0.25, 0.3) is 0 Å². The number of carbonyl (C=O) groups excluding carboxylic acids is 1. The molecule has 0 aromatic rings. The van der Waals surface area contributed by atoms with Crippen molar-refractivity contribution < 1.29 is 19.4 Å². The number of hydrogen-bond donors (Lipinski definition) is 1. The van der Waals surface area contributed by atoms with Gasteiger partial charge in [-0.2, -0.15) is 0 Å². The summed E-state index contributed by atoms with van der Waals surface area (Å²) in [5.41, 5.74) is 0. The summed E-state index contributed by atoms with van der Waals surface area (Å²) < 4.78 is 5.24. The molecule has 4 nitrogen and oxygen atoms in total. The van der Waals surface area contributed by atoms with Crippen LogP contribution in [0, 0.1) is 23.7 Å². The summed E-state index contributed by atoms with van der Waals surface area (Å²) in [5.74, 6) is 9.87. The molecular weight excluding hydrogens is 304 g/mol. The van der Waals surface area contributed by atoms with Crippen molar-refractivity contribution in [2.24, 2.45) is 0 Å². The van der Waals surface area contributed by atoms with Crippen LogP contribution in [0.3, 0.4) is 0 Å². The Kier molecular flexibility index (Phi) is 13.9. The normalized spacial score (nSPS) is 11.4. The van der Waals surface area contributed by atoms with Crippen LogP contribution in [0.5, 0.6) is 0 Å². The number of rotatable bonds is 10. The van der Waals surface area contributed by atoms with Crippen LogP contribution >= 0.6 is 0 Å². The lowest BCUT2D eigenvalue weighted by Gasteiger charge is -2.12. The number of ether oxygens (including phenoxy) is 1. The highest BCUT2D eigenvalue weighted by Crippen LogP contribution is 2.11. The van der Waals surface area contributed by atoms with Gasteiger partial charge in [-0.15, -0.1) is 0 Å². The fourth-order valence-electron chi connectivity index (χ4n) is 1.95. The van der Waals surface area contributed by atoms with Crippen molar-refractivity contribution in [3.05, 3.63) is 24.3 Å². The van der Waals surface area contributed by atoms with Crippen molar-refractivity contribution in [1.29, 1.82) is 0 Å². The van der Waals surface area contributed by atoms with E-state index in [-0.39, 0.29) is 18.5 Å². The first-order valence-electron chi connectivity index (χ1n) is 8.24. The van der Waals surface area contributed by atoms with Gasteiger partial charge in [0.25, 0.3) is 0 Å². The first kappa shape index (κ1) is 21.5. The number of esters is 1. The maximum atomic E-state index is 11.1. The molecule has 0 amide bonds. The lowest BCUT2D eigenvalue weighted by molar-refractivity contribution is -0.144. The van der Waals surface area contributed by atoms with Crippen LogP contribution < -0.4 is 0 Å². The van der Waals surface area contributed by atoms with E-state index < -0.39 is 5.97 Å². The second-order valence-electron chi connectivity index (χ2n) is 5.25. The number of hydrogen-bond acceptors (Lipinski definition) is 3. The lowest BCUT2D eigenvalue weighted by atomic mass is 10.1. The largest absolute Gasteiger partial charge is 0.481 e. The summed E-state index contributed by atoms with van der Waals surface area (Å²) >= 11 is 0. The molecule has 0 aliphatic heterocycles. The van der Waals surface area contributed by atoms with Crippen LogP contribution in [0.2, 0.25) is 0 Å². The molecule has 0 saturated carbocycles. The molecule has 0 fully saturated rings. The van der Waals surface area contributed by atoms with Crippen LogP contribution in [0.4, 0.5) is 0 Å². The van der Waals surface area contributed by atoms with E-state index in [4.69, 9.17) is 9.84 Å². The van der Waals surface area contributed by atoms with Crippen LogP contribution in [-0.2, 0) is 14.3 Å². The van der Waals surface area contributed by atoms with Crippen molar-refractivity contribution in [3.63, 3.8) is 0 Å². The Morgan fingerprint density at radius 3 is 2.29 bits per heavy atom. The first-order chi connectivity index (χ1) is 11.6. The SMILES string of the molecule is C/C=C\C#CC#C/C=C/[C@H](CCCCCCCC(=O)O)OC(C)=O. The van der Waals surface area contributed by atoms with Crippen molar-refractivity contribution in [2.45, 2.75) is 64.9 Å². The first-order valence-corrected chi connectivity index (χ1v) is 8.24. The molecule has 130 valence electrons. The number of carbonyl (C=O) groups is 2. The zero-order chi connectivity index (χ0) is 18.0. The van der Waals surface area contributed by atoms with Crippen LogP contribution in [0.15, 0.2) is 24.3 Å². The summed E-state index contributed by atoms with van der Waals surface area (Å²) in [6.45, 7) is 3.28. The molecule has 0 heterocycles. The van der Waals surface area contributed by atoms with E-state index in [2.05, 4.69) is 23.7 Å². The number of unbranched alkanes of at least 4 members (excludes halogenated alkanes) is 4. The van der Waals surface area contributed by atoms with Gasteiger partial charge < -0.3 is 9.84 Å². The van der Waals surface area contributed by atoms with Gasteiger partial charge in [0.2, 0.25) is 0 Å². The Morgan fingerprint density at radius 2 is 1.67 bits per heavy atom. The second-order valence-corrected chi connectivity index (χ2v) is 5.25. The molecule has 1 N–H and O–H groups in total. The van der Waals surface area contributed by atoms with E-state index in [1.807, 2.05) is 13.0 Å². The molecule has 0 rings (SSSR count). The zero-order valence-corrected chi connectivity index (χ0v) is 14.5. The Morgan fingerprint density at radius 1 is 1.04 bits per heavy atom. The number of aliphatic carboxylic acids is 1. The van der Waals surface area contributed by atoms with Gasteiger partial charge in [0.15, 0.2) is 0 Å². The fourth-order valence-corrected chi connectivity index (χ4v) is 1.95. The number of carboxylic acids is 1. The van der Waals surface area contributed by atoms with E-state index >= 15 is 0 Å². The zero-order valence-electron chi connectivity index (χ0n) is 14.5. The Labute approximate surface area is 145 Å². The molecule has 4 heteroatoms. The van der Waals surface area contributed by atoms with E-state index in [9.17, 15) is 9.59 Å². The van der Waals surface area contributed by atoms with Gasteiger partial charge in [0.1, 0.15) is 6.10 Å². The average Bonchev–Trinajstić information content (AvgIpc) is 2.52. The van der Waals surface area contributed by atoms with Gasteiger partial charge in [-0.3, -0.25) is 9.59 Å². The third-order valence-corrected chi connectivity index (χ3v) is 3.05. The molecule has 0 bridgehead atoms. The molecular formula is C20H26O4. The molecule has 0 aliphatic rings. The molecule has 0 spiro atoms. The van der Waals surface area contributed by atoms with E-state index in [0.29, 0.717) is 6.42 Å². The number of carboxylic acid groups (broad SMARTS) is 1. The molecule has 0 aliphatic carbocycles. The predicted molar refractivity (Wildman–Crippen MR) is 95.0 cm³/mol. The second kappa shape index (κ2) is 15.4. The highest BCUT2D eigenvalue weighted by atomic mass is 16.5. The van der Waals surface area contributed by atoms with E-state index in [1.165, 1.54) is 6.92 Å². The topological polar surface area (TPSA) is 63.6 Å². The van der Waals surface area contributed by atoms with Crippen LogP contribution in [0.1, 0.15) is 58.8 Å². The number of allylic oxidation sites excluding steroid dienone is 3. The smallest absolute Gasteiger partial charge is 0.303 e. The van der Waals surface area contributed by atoms with E-state index in [0.717, 1.165) is 32.1 Å². The third kappa shape index (κ3) is 15.9. The quantitative estimate of drug-likeness (QED) is 0.375. The maximum Gasteiger partial charge on any atom is 0.303 e. The molecule has 1 atom stereocenters. The average molecular weight is 330 g/mol. The van der Waals surface area contributed by atoms with Gasteiger partial charge in [0.05, 0.1) is 0 Å². The van der Waals surface area contributed by atoms with Crippen molar-refractivity contribution in [1.82, 2.24) is 0 Å². The lowest BCUT2D eigenvalue weighted by Crippen LogP contribution is -2.13. The highest BCUT2D eigenvalue weighted by molar-refractivity contribution is 5.66. The summed E-state index contributed by atoms with van der Waals surface area (Å²) in [6, 6.07) is 0. The minimum atomic E-state index is -0.744. The van der Waals surface area contributed by atoms with E-state index in [1.54, 1.807) is 18.2 Å². The fraction of sp³-hybridized carbons (Fsp3) is 0.500. The summed E-state index contributed by atoms with van der Waals surface area (Å²) in [5, 5.41) is 8.56. The molecule has 0 unspecified atom stereocenters. The molecule has 0 aromatic heterocycles. The maximum absolute atomic E-state index is 11.1. The van der Waals surface area contributed by atoms with Gasteiger partial charge in [-0.05, 0) is 56.3 Å². The van der Waals surface area contributed by atoms with Crippen molar-refractivity contribution in [3.8, 4) is 23.7 Å². The van der Waals surface area contributed by atoms with Crippen molar-refractivity contribution in [2.75, 3.05) is 0 Å².